The standard InChI is InChI=1S/C21H21FN4O/c1-12-20(25-19-5-3-4-16(11-23)24-19)17-10-15(22)8-9-18(17)26(13(2)27)21(12)14-6-7-14/h3-5,8-10,12,14,20-21H,6-7H2,1-2H3,(H,24,25)/t12-,20-,21-/m1/s1. The molecule has 2 aliphatic rings. The second kappa shape index (κ2) is 6.66. The van der Waals surface area contributed by atoms with Gasteiger partial charge in [-0.05, 0) is 49.1 Å². The Morgan fingerprint density at radius 3 is 2.78 bits per heavy atom. The second-order valence-corrected chi connectivity index (χ2v) is 7.42. The Labute approximate surface area is 157 Å². The van der Waals surface area contributed by atoms with Gasteiger partial charge in [0.2, 0.25) is 5.91 Å². The number of carbonyl (C=O) groups is 1. The molecule has 0 spiro atoms. The number of nitrogens with zero attached hydrogens (tertiary/aromatic N) is 3. The number of fused-ring (bicyclic) bond motifs is 1. The summed E-state index contributed by atoms with van der Waals surface area (Å²) in [6.07, 6.45) is 2.20. The fraction of sp³-hybridized carbons (Fsp3) is 0.381. The number of benzene rings is 1. The zero-order valence-corrected chi connectivity index (χ0v) is 15.3. The first-order valence-corrected chi connectivity index (χ1v) is 9.22. The van der Waals surface area contributed by atoms with Crippen molar-refractivity contribution in [2.75, 3.05) is 10.2 Å². The van der Waals surface area contributed by atoms with Gasteiger partial charge in [-0.15, -0.1) is 0 Å². The van der Waals surface area contributed by atoms with E-state index in [1.165, 1.54) is 12.1 Å². The minimum atomic E-state index is -0.333. The van der Waals surface area contributed by atoms with Crippen molar-refractivity contribution in [3.8, 4) is 6.07 Å². The molecule has 27 heavy (non-hydrogen) atoms. The summed E-state index contributed by atoms with van der Waals surface area (Å²) in [7, 11) is 0. The van der Waals surface area contributed by atoms with Crippen LogP contribution in [0.2, 0.25) is 0 Å². The zero-order valence-electron chi connectivity index (χ0n) is 15.3. The Bertz CT molecular complexity index is 934. The van der Waals surface area contributed by atoms with Crippen LogP contribution in [0.25, 0.3) is 0 Å². The molecule has 5 nitrogen and oxygen atoms in total. The third-order valence-electron chi connectivity index (χ3n) is 5.56. The van der Waals surface area contributed by atoms with E-state index < -0.39 is 0 Å². The van der Waals surface area contributed by atoms with Gasteiger partial charge in [-0.2, -0.15) is 5.26 Å². The van der Waals surface area contributed by atoms with Gasteiger partial charge in [-0.3, -0.25) is 4.79 Å². The first kappa shape index (κ1) is 17.5. The fourth-order valence-electron chi connectivity index (χ4n) is 4.27. The highest BCUT2D eigenvalue weighted by atomic mass is 19.1. The molecule has 2 aromatic rings. The van der Waals surface area contributed by atoms with Gasteiger partial charge in [0.25, 0.3) is 0 Å². The molecule has 1 saturated carbocycles. The Kier molecular flexibility index (Phi) is 4.31. The number of nitriles is 1. The van der Waals surface area contributed by atoms with Crippen molar-refractivity contribution >= 4 is 17.4 Å². The van der Waals surface area contributed by atoms with Crippen molar-refractivity contribution in [2.45, 2.75) is 38.8 Å². The van der Waals surface area contributed by atoms with E-state index in [0.29, 0.717) is 17.4 Å². The zero-order chi connectivity index (χ0) is 19.1. The maximum Gasteiger partial charge on any atom is 0.224 e. The predicted molar refractivity (Wildman–Crippen MR) is 101 cm³/mol. The van der Waals surface area contributed by atoms with E-state index >= 15 is 0 Å². The maximum atomic E-state index is 14.1. The number of halogens is 1. The summed E-state index contributed by atoms with van der Waals surface area (Å²) in [5, 5.41) is 12.5. The molecule has 138 valence electrons. The minimum Gasteiger partial charge on any atom is -0.363 e. The molecular formula is C21H21FN4O. The van der Waals surface area contributed by atoms with E-state index in [2.05, 4.69) is 17.2 Å². The van der Waals surface area contributed by atoms with Gasteiger partial charge in [0, 0.05) is 30.1 Å². The molecule has 1 aromatic carbocycles. The SMILES string of the molecule is CC(=O)N1c2ccc(F)cc2[C@H](Nc2cccc(C#N)n2)[C@@H](C)[C@@H]1C1CC1. The number of hydrogen-bond acceptors (Lipinski definition) is 4. The van der Waals surface area contributed by atoms with E-state index in [0.717, 1.165) is 24.1 Å². The van der Waals surface area contributed by atoms with Crippen LogP contribution in [-0.2, 0) is 4.79 Å². The molecule has 1 aromatic heterocycles. The maximum absolute atomic E-state index is 14.1. The van der Waals surface area contributed by atoms with E-state index in [1.807, 2.05) is 11.0 Å². The van der Waals surface area contributed by atoms with Crippen molar-refractivity contribution in [3.05, 3.63) is 53.5 Å². The van der Waals surface area contributed by atoms with Crippen LogP contribution in [0, 0.1) is 29.0 Å². The number of aromatic nitrogens is 1. The Balaban J connectivity index is 1.80. The number of carbonyl (C=O) groups excluding carboxylic acids is 1. The third-order valence-corrected chi connectivity index (χ3v) is 5.56. The van der Waals surface area contributed by atoms with Gasteiger partial charge < -0.3 is 10.2 Å². The van der Waals surface area contributed by atoms with Crippen LogP contribution >= 0.6 is 0 Å². The van der Waals surface area contributed by atoms with Crippen LogP contribution in [-0.4, -0.2) is 16.9 Å². The van der Waals surface area contributed by atoms with Gasteiger partial charge in [0.1, 0.15) is 23.4 Å². The van der Waals surface area contributed by atoms with Gasteiger partial charge in [0.15, 0.2) is 0 Å². The summed E-state index contributed by atoms with van der Waals surface area (Å²) in [6.45, 7) is 3.67. The molecule has 0 unspecified atom stereocenters. The van der Waals surface area contributed by atoms with Crippen LogP contribution in [0.3, 0.4) is 0 Å². The first-order chi connectivity index (χ1) is 13.0. The van der Waals surface area contributed by atoms with Gasteiger partial charge in [-0.1, -0.05) is 13.0 Å². The van der Waals surface area contributed by atoms with Gasteiger partial charge in [-0.25, -0.2) is 9.37 Å². The number of rotatable bonds is 3. The quantitative estimate of drug-likeness (QED) is 0.893. The summed E-state index contributed by atoms with van der Waals surface area (Å²) in [5.74, 6) is 0.759. The summed E-state index contributed by atoms with van der Waals surface area (Å²) in [5.41, 5.74) is 1.83. The highest BCUT2D eigenvalue weighted by Gasteiger charge is 2.47. The molecule has 4 rings (SSSR count). The fourth-order valence-corrected chi connectivity index (χ4v) is 4.27. The number of hydrogen-bond donors (Lipinski definition) is 1. The molecule has 1 N–H and O–H groups in total. The van der Waals surface area contributed by atoms with E-state index in [9.17, 15) is 9.18 Å². The largest absolute Gasteiger partial charge is 0.363 e. The highest BCUT2D eigenvalue weighted by Crippen LogP contribution is 2.50. The molecule has 1 fully saturated rings. The summed E-state index contributed by atoms with van der Waals surface area (Å²) in [6, 6.07) is 11.7. The average Bonchev–Trinajstić information content (AvgIpc) is 3.48. The van der Waals surface area contributed by atoms with Crippen molar-refractivity contribution in [3.63, 3.8) is 0 Å². The van der Waals surface area contributed by atoms with E-state index in [1.54, 1.807) is 31.2 Å². The molecule has 3 atom stereocenters. The smallest absolute Gasteiger partial charge is 0.224 e. The molecule has 0 bridgehead atoms. The second-order valence-electron chi connectivity index (χ2n) is 7.42. The molecule has 6 heteroatoms. The van der Waals surface area contributed by atoms with Gasteiger partial charge in [0.05, 0.1) is 6.04 Å². The predicted octanol–water partition coefficient (Wildman–Crippen LogP) is 4.03. The van der Waals surface area contributed by atoms with Crippen molar-refractivity contribution < 1.29 is 9.18 Å². The van der Waals surface area contributed by atoms with Gasteiger partial charge >= 0.3 is 0 Å². The number of nitrogens with one attached hydrogen (secondary N) is 1. The highest BCUT2D eigenvalue weighted by molar-refractivity contribution is 5.94. The summed E-state index contributed by atoms with van der Waals surface area (Å²) in [4.78, 5) is 18.6. The summed E-state index contributed by atoms with van der Waals surface area (Å²) < 4.78 is 14.1. The molecule has 0 saturated heterocycles. The number of amides is 1. The van der Waals surface area contributed by atoms with Crippen LogP contribution < -0.4 is 10.2 Å². The molecule has 1 aliphatic carbocycles. The molecule has 1 amide bonds. The molecule has 0 radical (unpaired) electrons. The normalized spacial score (nSPS) is 24.1. The van der Waals surface area contributed by atoms with Crippen LogP contribution in [0.1, 0.15) is 44.0 Å². The van der Waals surface area contributed by atoms with E-state index in [-0.39, 0.29) is 29.7 Å². The van der Waals surface area contributed by atoms with Crippen molar-refractivity contribution in [2.24, 2.45) is 11.8 Å². The lowest BCUT2D eigenvalue weighted by molar-refractivity contribution is -0.117. The Morgan fingerprint density at radius 2 is 2.11 bits per heavy atom. The first-order valence-electron chi connectivity index (χ1n) is 9.22. The average molecular weight is 364 g/mol. The Morgan fingerprint density at radius 1 is 1.33 bits per heavy atom. The van der Waals surface area contributed by atoms with Crippen LogP contribution in [0.4, 0.5) is 15.9 Å². The topological polar surface area (TPSA) is 69.0 Å². The van der Waals surface area contributed by atoms with Crippen LogP contribution in [0.15, 0.2) is 36.4 Å². The number of anilines is 2. The van der Waals surface area contributed by atoms with Crippen LogP contribution in [0.5, 0.6) is 0 Å². The minimum absolute atomic E-state index is 0.0188. The monoisotopic (exact) mass is 364 g/mol. The van der Waals surface area contributed by atoms with Crippen molar-refractivity contribution in [1.29, 1.82) is 5.26 Å². The lowest BCUT2D eigenvalue weighted by Crippen LogP contribution is -2.51. The molecular weight excluding hydrogens is 343 g/mol. The Hall–Kier alpha value is -2.94. The molecule has 2 heterocycles. The molecule has 1 aliphatic heterocycles. The van der Waals surface area contributed by atoms with E-state index in [4.69, 9.17) is 5.26 Å². The summed E-state index contributed by atoms with van der Waals surface area (Å²) >= 11 is 0. The van der Waals surface area contributed by atoms with Crippen molar-refractivity contribution in [1.82, 2.24) is 4.98 Å². The lowest BCUT2D eigenvalue weighted by atomic mass is 9.80. The third kappa shape index (κ3) is 3.14. The number of pyridine rings is 1. The lowest BCUT2D eigenvalue weighted by Gasteiger charge is -2.45.